The second kappa shape index (κ2) is 19.1. The zero-order valence-electron chi connectivity index (χ0n) is 39.6. The third-order valence-electron chi connectivity index (χ3n) is 13.5. The van der Waals surface area contributed by atoms with E-state index in [0.717, 1.165) is 44.7 Å². The van der Waals surface area contributed by atoms with Gasteiger partial charge in [-0.25, -0.2) is 15.2 Å². The van der Waals surface area contributed by atoms with Crippen molar-refractivity contribution in [3.8, 4) is 22.5 Å². The number of hydrogen-bond acceptors (Lipinski definition) is 12. The van der Waals surface area contributed by atoms with Crippen molar-refractivity contribution in [2.24, 2.45) is 11.3 Å². The summed E-state index contributed by atoms with van der Waals surface area (Å²) in [5, 5.41) is 11.1. The quantitative estimate of drug-likeness (QED) is 0.151. The first-order chi connectivity index (χ1) is 31.5. The summed E-state index contributed by atoms with van der Waals surface area (Å²) in [5.41, 5.74) is 9.27. The average molecular weight is 925 g/mol. The van der Waals surface area contributed by atoms with E-state index in [1.807, 2.05) is 32.2 Å². The van der Waals surface area contributed by atoms with E-state index in [-0.39, 0.29) is 49.1 Å². The molecule has 18 heteroatoms. The Kier molecular flexibility index (Phi) is 13.6. The Morgan fingerprint density at radius 2 is 1.88 bits per heavy atom. The third-order valence-corrected chi connectivity index (χ3v) is 14.4. The number of thiazole rings is 1. The van der Waals surface area contributed by atoms with Gasteiger partial charge in [0.2, 0.25) is 11.8 Å². The Morgan fingerprint density at radius 3 is 2.58 bits per heavy atom. The van der Waals surface area contributed by atoms with Crippen LogP contribution in [-0.4, -0.2) is 148 Å². The number of ether oxygens (including phenoxy) is 2. The number of rotatable bonds is 10. The normalized spacial score (nSPS) is 22.0. The first kappa shape index (κ1) is 47.1. The number of aromatic nitrogens is 3. The molecule has 5 atom stereocenters. The molecular formula is C48H64N10O7S. The van der Waals surface area contributed by atoms with Crippen LogP contribution in [0.5, 0.6) is 0 Å². The van der Waals surface area contributed by atoms with Gasteiger partial charge in [0.1, 0.15) is 18.1 Å². The predicted octanol–water partition coefficient (Wildman–Crippen LogP) is 4.39. The maximum Gasteiger partial charge on any atom is 0.324 e. The van der Waals surface area contributed by atoms with E-state index < -0.39 is 41.3 Å². The Labute approximate surface area is 390 Å². The van der Waals surface area contributed by atoms with Gasteiger partial charge in [-0.15, -0.1) is 11.3 Å². The molecule has 4 aromatic rings. The number of fused-ring (bicyclic) bond motifs is 6. The lowest BCUT2D eigenvalue weighted by molar-refractivity contribution is -0.155. The number of aryl methyl sites for hydroxylation is 1. The minimum absolute atomic E-state index is 0.0384. The smallest absolute Gasteiger partial charge is 0.324 e. The molecule has 1 aromatic carbocycles. The zero-order chi connectivity index (χ0) is 47.2. The molecule has 0 spiro atoms. The highest BCUT2D eigenvalue weighted by molar-refractivity contribution is 7.10. The summed E-state index contributed by atoms with van der Waals surface area (Å²) in [6.45, 7) is 14.7. The van der Waals surface area contributed by atoms with Crippen LogP contribution in [0.2, 0.25) is 0 Å². The van der Waals surface area contributed by atoms with Crippen LogP contribution >= 0.6 is 11.3 Å². The molecule has 5 amide bonds. The van der Waals surface area contributed by atoms with E-state index in [1.165, 1.54) is 21.2 Å². The number of nitrogens with one attached hydrogen (secondary N) is 3. The van der Waals surface area contributed by atoms with Crippen molar-refractivity contribution in [2.75, 3.05) is 54.0 Å². The molecule has 7 heterocycles. The van der Waals surface area contributed by atoms with Gasteiger partial charge in [0.25, 0.3) is 5.91 Å². The number of likely N-dealkylation sites (N-methyl/N-ethyl adjacent to an activating group) is 2. The van der Waals surface area contributed by atoms with E-state index in [1.54, 1.807) is 37.2 Å². The van der Waals surface area contributed by atoms with E-state index in [0.29, 0.717) is 57.0 Å². The molecule has 3 fully saturated rings. The van der Waals surface area contributed by atoms with Crippen LogP contribution in [0.15, 0.2) is 41.9 Å². The lowest BCUT2D eigenvalue weighted by Crippen LogP contribution is -2.65. The molecule has 354 valence electrons. The van der Waals surface area contributed by atoms with Gasteiger partial charge >= 0.3 is 12.0 Å². The molecule has 66 heavy (non-hydrogen) atoms. The molecule has 3 aromatic heterocycles. The first-order valence-corrected chi connectivity index (χ1v) is 24.0. The number of esters is 1. The Morgan fingerprint density at radius 1 is 1.12 bits per heavy atom. The minimum atomic E-state index is -1.08. The summed E-state index contributed by atoms with van der Waals surface area (Å²) in [5.74, 6) is -1.65. The van der Waals surface area contributed by atoms with Gasteiger partial charge in [0.05, 0.1) is 46.9 Å². The van der Waals surface area contributed by atoms with E-state index >= 15 is 0 Å². The second-order valence-electron chi connectivity index (χ2n) is 19.3. The summed E-state index contributed by atoms with van der Waals surface area (Å²) in [4.78, 5) is 84.1. The van der Waals surface area contributed by atoms with Gasteiger partial charge in [-0.3, -0.25) is 29.2 Å². The molecule has 3 saturated heterocycles. The number of carbonyl (C=O) groups excluding carboxylic acids is 5. The number of urea groups is 1. The fraction of sp³-hybridized carbons (Fsp3) is 0.562. The number of hydrazine groups is 1. The zero-order valence-corrected chi connectivity index (χ0v) is 40.4. The minimum Gasteiger partial charge on any atom is -0.464 e. The van der Waals surface area contributed by atoms with E-state index in [9.17, 15) is 24.0 Å². The fourth-order valence-electron chi connectivity index (χ4n) is 9.60. The topological polar surface area (TPSA) is 193 Å². The van der Waals surface area contributed by atoms with E-state index in [4.69, 9.17) is 19.4 Å². The standard InChI is InChI=1S/C48H64N10O7S/c1-10-57-38-16-15-29-19-32(38)33(42(57)31-13-11-17-49-40(31)28(4)64-9)21-48(5,6)26-65-46(62)34-14-12-18-58(53-34)45(61)35(20-39-51-37(29)25-66-39)52-43(59)41(27(2)3)55(8)47(63)54(7)30-23-56(24-30)44(60)36-22-50-36/h11,13,15-17,19,25,27-28,30,34-36,41,50,53H,10,12,14,18,20-24,26H2,1-9H3,(H,52,59)/t28-,34-,35-,36-,41-/m0/s1. The summed E-state index contributed by atoms with van der Waals surface area (Å²) < 4.78 is 14.2. The highest BCUT2D eigenvalue weighted by Gasteiger charge is 2.44. The van der Waals surface area contributed by atoms with Crippen LogP contribution in [0.1, 0.15) is 76.8 Å². The van der Waals surface area contributed by atoms with Gasteiger partial charge in [0.15, 0.2) is 0 Å². The average Bonchev–Trinajstić information content (AvgIpc) is 3.97. The largest absolute Gasteiger partial charge is 0.464 e. The van der Waals surface area contributed by atoms with Crippen molar-refractivity contribution in [2.45, 2.75) is 110 Å². The Hall–Kier alpha value is -5.43. The number of likely N-dealkylation sites (tertiary alicyclic amines) is 1. The number of hydrogen-bond donors (Lipinski definition) is 3. The number of nitrogens with zero attached hydrogens (tertiary/aromatic N) is 7. The second-order valence-corrected chi connectivity index (χ2v) is 20.3. The van der Waals surface area contributed by atoms with Crippen LogP contribution in [0.3, 0.4) is 0 Å². The fourth-order valence-corrected chi connectivity index (χ4v) is 10.5. The summed E-state index contributed by atoms with van der Waals surface area (Å²) in [6.07, 6.45) is 3.19. The van der Waals surface area contributed by atoms with Crippen LogP contribution in [-0.2, 0) is 48.0 Å². The SMILES string of the molecule is CCn1c(-c2cccnc2[C@H](C)OC)c2c3cc(ccc31)-c1csc(n1)C[C@H](NC(=O)[C@H](C(C)C)N(C)C(=O)N(C)C1CN(C(=O)[C@@H]3CN3)C1)C(=O)N1CCC[C@H](N1)C(=O)OCC(C)(C)C2. The molecule has 0 radical (unpaired) electrons. The maximum absolute atomic E-state index is 14.6. The number of pyridine rings is 1. The predicted molar refractivity (Wildman–Crippen MR) is 251 cm³/mol. The molecule has 8 rings (SSSR count). The highest BCUT2D eigenvalue weighted by atomic mass is 32.1. The van der Waals surface area contributed by atoms with Gasteiger partial charge in [-0.05, 0) is 68.9 Å². The third kappa shape index (κ3) is 9.42. The molecule has 0 unspecified atom stereocenters. The number of carbonyl (C=O) groups is 5. The number of benzene rings is 1. The molecule has 17 nitrogen and oxygen atoms in total. The molecule has 4 aliphatic heterocycles. The van der Waals surface area contributed by atoms with Crippen molar-refractivity contribution in [1.82, 2.24) is 50.3 Å². The van der Waals surface area contributed by atoms with Gasteiger partial charge in [-0.2, -0.15) is 0 Å². The number of amides is 5. The lowest BCUT2D eigenvalue weighted by atomic mass is 9.84. The maximum atomic E-state index is 14.6. The first-order valence-electron chi connectivity index (χ1n) is 23.1. The molecular weight excluding hydrogens is 861 g/mol. The molecule has 6 bridgehead atoms. The Balaban J connectivity index is 1.13. The molecule has 0 saturated carbocycles. The lowest BCUT2D eigenvalue weighted by Gasteiger charge is -2.45. The number of cyclic esters (lactones) is 1. The highest BCUT2D eigenvalue weighted by Crippen LogP contribution is 2.42. The van der Waals surface area contributed by atoms with Crippen molar-refractivity contribution in [3.05, 3.63) is 58.2 Å². The van der Waals surface area contributed by atoms with Gasteiger partial charge < -0.3 is 39.4 Å². The molecule has 0 aliphatic carbocycles. The summed E-state index contributed by atoms with van der Waals surface area (Å²) in [6, 6.07) is 6.93. The molecule has 3 N–H and O–H groups in total. The van der Waals surface area contributed by atoms with Crippen molar-refractivity contribution >= 4 is 52.0 Å². The van der Waals surface area contributed by atoms with Crippen LogP contribution in [0.4, 0.5) is 4.79 Å². The van der Waals surface area contributed by atoms with E-state index in [2.05, 4.69) is 65.7 Å². The van der Waals surface area contributed by atoms with Crippen molar-refractivity contribution in [3.63, 3.8) is 0 Å². The van der Waals surface area contributed by atoms with Gasteiger partial charge in [-0.1, -0.05) is 33.8 Å². The van der Waals surface area contributed by atoms with Crippen LogP contribution in [0.25, 0.3) is 33.4 Å². The van der Waals surface area contributed by atoms with Crippen LogP contribution < -0.4 is 16.1 Å². The van der Waals surface area contributed by atoms with Crippen molar-refractivity contribution < 1.29 is 33.4 Å². The molecule has 4 aliphatic rings. The summed E-state index contributed by atoms with van der Waals surface area (Å²) >= 11 is 1.41. The summed E-state index contributed by atoms with van der Waals surface area (Å²) in [7, 11) is 4.97. The monoisotopic (exact) mass is 924 g/mol. The Bertz CT molecular complexity index is 2490. The number of methoxy groups -OCH3 is 1. The van der Waals surface area contributed by atoms with Crippen LogP contribution in [0, 0.1) is 11.3 Å². The van der Waals surface area contributed by atoms with Gasteiger partial charge in [0, 0.05) is 99.4 Å². The van der Waals surface area contributed by atoms with Crippen molar-refractivity contribution in [1.29, 1.82) is 0 Å².